The van der Waals surface area contributed by atoms with Crippen molar-refractivity contribution in [2.24, 2.45) is 0 Å². The van der Waals surface area contributed by atoms with Crippen molar-refractivity contribution in [3.63, 3.8) is 0 Å². The van der Waals surface area contributed by atoms with E-state index in [1.54, 1.807) is 4.90 Å². The normalized spacial score (nSPS) is 20.3. The van der Waals surface area contributed by atoms with Crippen LogP contribution in [0.2, 0.25) is 0 Å². The van der Waals surface area contributed by atoms with Crippen LogP contribution in [0.1, 0.15) is 34.1 Å². The topological polar surface area (TPSA) is 46.0 Å². The number of nitrogens with one attached hydrogen (secondary N) is 2. The number of benzene rings is 2. The molecular weight excluding hydrogens is 338 g/mol. The predicted molar refractivity (Wildman–Crippen MR) is 106 cm³/mol. The Hall–Kier alpha value is -2.37. The van der Waals surface area contributed by atoms with E-state index in [-0.39, 0.29) is 12.1 Å². The molecule has 2 aromatic rings. The largest absolute Gasteiger partial charge is 0.370 e. The zero-order valence-corrected chi connectivity index (χ0v) is 15.9. The maximum atomic E-state index is 13.2. The molecule has 27 heavy (non-hydrogen) atoms. The Kier molecular flexibility index (Phi) is 5.41. The number of carbonyl (C=O) groups is 1. The van der Waals surface area contributed by atoms with E-state index in [0.29, 0.717) is 0 Å². The molecule has 0 unspecified atom stereocenters. The molecule has 2 heterocycles. The number of para-hydroxylation sites is 1. The number of anilines is 1. The molecule has 1 amide bonds. The number of ether oxygens (including phenoxy) is 1. The number of rotatable bonds is 5. The molecule has 2 aliphatic rings. The number of hydrogen-bond acceptors (Lipinski definition) is 3. The standard InChI is InChI=1S/C22H27N3O2/c1-17-7-9-18(10-8-17)21-23-20-6-3-2-5-19(20)22(26)25(21)12-4-11-24-13-15-27-16-14-24/h2-3,5-10,21,23H,4,11-16H2,1H3/p+1/t21-/m1/s1. The van der Waals surface area contributed by atoms with Gasteiger partial charge in [0.05, 0.1) is 25.3 Å². The molecule has 2 N–H and O–H groups in total. The minimum atomic E-state index is -0.118. The Balaban J connectivity index is 1.53. The van der Waals surface area contributed by atoms with Gasteiger partial charge in [0.15, 0.2) is 0 Å². The van der Waals surface area contributed by atoms with Crippen LogP contribution in [0.5, 0.6) is 0 Å². The molecule has 0 aromatic heterocycles. The molecule has 0 bridgehead atoms. The first-order valence-corrected chi connectivity index (χ1v) is 9.87. The van der Waals surface area contributed by atoms with Gasteiger partial charge in [-0.05, 0) is 24.6 Å². The fraction of sp³-hybridized carbons (Fsp3) is 0.409. The third-order valence-corrected chi connectivity index (χ3v) is 5.54. The van der Waals surface area contributed by atoms with Crippen molar-refractivity contribution in [1.29, 1.82) is 0 Å². The van der Waals surface area contributed by atoms with Gasteiger partial charge in [-0.1, -0.05) is 42.0 Å². The van der Waals surface area contributed by atoms with Gasteiger partial charge in [-0.2, -0.15) is 0 Å². The van der Waals surface area contributed by atoms with Crippen LogP contribution in [-0.4, -0.2) is 50.2 Å². The van der Waals surface area contributed by atoms with E-state index in [9.17, 15) is 4.79 Å². The summed E-state index contributed by atoms with van der Waals surface area (Å²) in [6, 6.07) is 16.3. The maximum Gasteiger partial charge on any atom is 0.257 e. The SMILES string of the molecule is Cc1ccc([C@@H]2Nc3ccccc3C(=O)N2CCC[NH+]2CCOCC2)cc1. The first-order valence-electron chi connectivity index (χ1n) is 9.87. The van der Waals surface area contributed by atoms with Gasteiger partial charge in [-0.3, -0.25) is 4.79 Å². The third-order valence-electron chi connectivity index (χ3n) is 5.54. The highest BCUT2D eigenvalue weighted by Gasteiger charge is 2.32. The number of hydrogen-bond donors (Lipinski definition) is 2. The van der Waals surface area contributed by atoms with E-state index in [2.05, 4.69) is 36.5 Å². The molecule has 0 aliphatic carbocycles. The summed E-state index contributed by atoms with van der Waals surface area (Å²) >= 11 is 0. The number of quaternary nitrogens is 1. The second-order valence-electron chi connectivity index (χ2n) is 7.47. The zero-order valence-electron chi connectivity index (χ0n) is 15.9. The lowest BCUT2D eigenvalue weighted by molar-refractivity contribution is -0.908. The van der Waals surface area contributed by atoms with Gasteiger partial charge in [-0.25, -0.2) is 0 Å². The van der Waals surface area contributed by atoms with Crippen LogP contribution in [0, 0.1) is 6.92 Å². The van der Waals surface area contributed by atoms with E-state index in [1.165, 1.54) is 5.56 Å². The average Bonchev–Trinajstić information content (AvgIpc) is 2.71. The molecule has 2 aromatic carbocycles. The molecule has 5 heteroatoms. The van der Waals surface area contributed by atoms with Crippen LogP contribution in [0.15, 0.2) is 48.5 Å². The summed E-state index contributed by atoms with van der Waals surface area (Å²) in [5.74, 6) is 0.118. The number of amides is 1. The number of aryl methyl sites for hydroxylation is 1. The maximum absolute atomic E-state index is 13.2. The number of morpholine rings is 1. The minimum absolute atomic E-state index is 0.118. The Morgan fingerprint density at radius 1 is 1.11 bits per heavy atom. The molecule has 0 saturated carbocycles. The Morgan fingerprint density at radius 2 is 1.85 bits per heavy atom. The van der Waals surface area contributed by atoms with Gasteiger partial charge in [0, 0.05) is 18.7 Å². The van der Waals surface area contributed by atoms with Crippen molar-refractivity contribution in [2.75, 3.05) is 44.7 Å². The number of fused-ring (bicyclic) bond motifs is 1. The Bertz CT molecular complexity index is 784. The number of nitrogens with zero attached hydrogens (tertiary/aromatic N) is 1. The quantitative estimate of drug-likeness (QED) is 0.849. The van der Waals surface area contributed by atoms with Gasteiger partial charge in [-0.15, -0.1) is 0 Å². The highest BCUT2D eigenvalue weighted by atomic mass is 16.5. The van der Waals surface area contributed by atoms with Crippen LogP contribution >= 0.6 is 0 Å². The molecule has 4 rings (SSSR count). The van der Waals surface area contributed by atoms with Crippen molar-refractivity contribution < 1.29 is 14.4 Å². The summed E-state index contributed by atoms with van der Waals surface area (Å²) in [7, 11) is 0. The van der Waals surface area contributed by atoms with Crippen LogP contribution in [0.3, 0.4) is 0 Å². The van der Waals surface area contributed by atoms with Crippen molar-refractivity contribution in [1.82, 2.24) is 4.90 Å². The smallest absolute Gasteiger partial charge is 0.257 e. The highest BCUT2D eigenvalue weighted by Crippen LogP contribution is 2.33. The summed E-state index contributed by atoms with van der Waals surface area (Å²) in [5.41, 5.74) is 4.04. The Labute approximate surface area is 160 Å². The lowest BCUT2D eigenvalue weighted by Crippen LogP contribution is -3.14. The lowest BCUT2D eigenvalue weighted by atomic mass is 10.0. The highest BCUT2D eigenvalue weighted by molar-refractivity contribution is 6.01. The van der Waals surface area contributed by atoms with Crippen LogP contribution < -0.4 is 10.2 Å². The van der Waals surface area contributed by atoms with Gasteiger partial charge in [0.1, 0.15) is 19.3 Å². The van der Waals surface area contributed by atoms with E-state index >= 15 is 0 Å². The van der Waals surface area contributed by atoms with Crippen LogP contribution in [-0.2, 0) is 4.74 Å². The summed E-state index contributed by atoms with van der Waals surface area (Å²) < 4.78 is 5.44. The average molecular weight is 366 g/mol. The molecule has 142 valence electrons. The second kappa shape index (κ2) is 8.11. The summed E-state index contributed by atoms with van der Waals surface area (Å²) in [5, 5.41) is 3.58. The predicted octanol–water partition coefficient (Wildman–Crippen LogP) is 1.87. The van der Waals surface area contributed by atoms with Crippen LogP contribution in [0.25, 0.3) is 0 Å². The number of carbonyl (C=O) groups excluding carboxylic acids is 1. The summed E-state index contributed by atoms with van der Waals surface area (Å²) in [4.78, 5) is 16.8. The van der Waals surface area contributed by atoms with Crippen molar-refractivity contribution >= 4 is 11.6 Å². The monoisotopic (exact) mass is 366 g/mol. The molecule has 2 aliphatic heterocycles. The van der Waals surface area contributed by atoms with Gasteiger partial charge in [0.2, 0.25) is 0 Å². The van der Waals surface area contributed by atoms with Gasteiger partial charge in [0.25, 0.3) is 5.91 Å². The second-order valence-corrected chi connectivity index (χ2v) is 7.47. The third kappa shape index (κ3) is 3.99. The minimum Gasteiger partial charge on any atom is -0.370 e. The van der Waals surface area contributed by atoms with Crippen LogP contribution in [0.4, 0.5) is 5.69 Å². The zero-order chi connectivity index (χ0) is 18.6. The van der Waals surface area contributed by atoms with E-state index in [0.717, 1.165) is 62.6 Å². The Morgan fingerprint density at radius 3 is 2.63 bits per heavy atom. The fourth-order valence-electron chi connectivity index (χ4n) is 3.94. The van der Waals surface area contributed by atoms with E-state index in [4.69, 9.17) is 4.74 Å². The van der Waals surface area contributed by atoms with Gasteiger partial charge < -0.3 is 19.9 Å². The fourth-order valence-corrected chi connectivity index (χ4v) is 3.94. The van der Waals surface area contributed by atoms with Crippen molar-refractivity contribution in [2.45, 2.75) is 19.5 Å². The van der Waals surface area contributed by atoms with Crippen molar-refractivity contribution in [3.05, 3.63) is 65.2 Å². The van der Waals surface area contributed by atoms with Gasteiger partial charge >= 0.3 is 0 Å². The van der Waals surface area contributed by atoms with Crippen molar-refractivity contribution in [3.8, 4) is 0 Å². The molecule has 1 fully saturated rings. The van der Waals surface area contributed by atoms with E-state index < -0.39 is 0 Å². The summed E-state index contributed by atoms with van der Waals surface area (Å²) in [6.07, 6.45) is 0.875. The molecule has 5 nitrogen and oxygen atoms in total. The molecular formula is C22H28N3O2+. The summed E-state index contributed by atoms with van der Waals surface area (Å²) in [6.45, 7) is 7.74. The molecule has 0 spiro atoms. The molecule has 0 radical (unpaired) electrons. The first-order chi connectivity index (χ1) is 13.2. The molecule has 1 saturated heterocycles. The lowest BCUT2D eigenvalue weighted by Gasteiger charge is -2.38. The molecule has 1 atom stereocenters. The van der Waals surface area contributed by atoms with E-state index in [1.807, 2.05) is 29.2 Å². The first kappa shape index (κ1) is 18.0.